The van der Waals surface area contributed by atoms with Crippen LogP contribution in [0.2, 0.25) is 20.1 Å². The maximum absolute atomic E-state index is 6.45. The molecule has 2 rings (SSSR count). The van der Waals surface area contributed by atoms with Gasteiger partial charge in [0.15, 0.2) is 11.5 Å². The first kappa shape index (κ1) is 27.4. The highest BCUT2D eigenvalue weighted by Gasteiger charge is 2.19. The van der Waals surface area contributed by atoms with E-state index in [-0.39, 0.29) is 15.6 Å². The fraction of sp³-hybridized carbons (Fsp3) is 0.400. The molecule has 10 heteroatoms. The Kier molecular flexibility index (Phi) is 12.0. The second-order valence-corrected chi connectivity index (χ2v) is 12.0. The van der Waals surface area contributed by atoms with Gasteiger partial charge >= 0.3 is 0 Å². The van der Waals surface area contributed by atoms with Gasteiger partial charge in [0.05, 0.1) is 29.7 Å². The van der Waals surface area contributed by atoms with Crippen LogP contribution < -0.4 is 9.47 Å². The van der Waals surface area contributed by atoms with Crippen LogP contribution in [0.3, 0.4) is 0 Å². The molecule has 0 saturated carbocycles. The largest absolute Gasteiger partial charge is 0.489 e. The van der Waals surface area contributed by atoms with Crippen molar-refractivity contribution in [1.82, 2.24) is 0 Å². The Bertz CT molecular complexity index is 753. The van der Waals surface area contributed by atoms with Gasteiger partial charge in [-0.25, -0.2) is 0 Å². The third-order valence-corrected chi connectivity index (χ3v) is 9.79. The van der Waals surface area contributed by atoms with Gasteiger partial charge in [0.2, 0.25) is 0 Å². The summed E-state index contributed by atoms with van der Waals surface area (Å²) >= 11 is 39.6. The minimum atomic E-state index is -0.0453. The molecule has 0 aliphatic rings. The van der Waals surface area contributed by atoms with Crippen molar-refractivity contribution in [3.63, 3.8) is 0 Å². The molecule has 0 N–H and O–H groups in total. The van der Waals surface area contributed by atoms with E-state index in [1.165, 1.54) is 0 Å². The molecule has 0 heterocycles. The van der Waals surface area contributed by atoms with E-state index in [0.717, 1.165) is 21.8 Å². The minimum Gasteiger partial charge on any atom is -0.489 e. The lowest BCUT2D eigenvalue weighted by atomic mass is 9.93. The van der Waals surface area contributed by atoms with Gasteiger partial charge in [0, 0.05) is 16.6 Å². The highest BCUT2D eigenvalue weighted by atomic mass is 79.9. The average Bonchev–Trinajstić information content (AvgIpc) is 2.71. The van der Waals surface area contributed by atoms with Crippen LogP contribution in [-0.4, -0.2) is 33.5 Å². The van der Waals surface area contributed by atoms with Crippen LogP contribution in [-0.2, 0) is 0 Å². The van der Waals surface area contributed by atoms with E-state index >= 15 is 0 Å². The van der Waals surface area contributed by atoms with E-state index < -0.39 is 0 Å². The third-order valence-electron chi connectivity index (χ3n) is 4.19. The number of alkyl halides is 4. The second-order valence-electron chi connectivity index (χ2n) is 6.47. The predicted molar refractivity (Wildman–Crippen MR) is 144 cm³/mol. The summed E-state index contributed by atoms with van der Waals surface area (Å²) in [5, 5.41) is 3.32. The molecule has 2 atom stereocenters. The summed E-state index contributed by atoms with van der Waals surface area (Å²) in [6.45, 7) is 2.91. The van der Waals surface area contributed by atoms with Crippen molar-refractivity contribution >= 4 is 110 Å². The number of hydrogen-bond acceptors (Lipinski definition) is 2. The van der Waals surface area contributed by atoms with Crippen molar-refractivity contribution < 1.29 is 9.47 Å². The van der Waals surface area contributed by atoms with E-state index in [1.807, 2.05) is 31.2 Å². The lowest BCUT2D eigenvalue weighted by Crippen LogP contribution is -2.13. The van der Waals surface area contributed by atoms with E-state index in [9.17, 15) is 0 Å². The van der Waals surface area contributed by atoms with Crippen molar-refractivity contribution in [3.05, 3.63) is 55.5 Å². The van der Waals surface area contributed by atoms with Gasteiger partial charge in [-0.05, 0) is 35.4 Å². The Morgan fingerprint density at radius 3 is 1.27 bits per heavy atom. The molecular formula is C20H18Br4Cl4O2. The van der Waals surface area contributed by atoms with E-state index in [4.69, 9.17) is 55.9 Å². The Balaban J connectivity index is 2.24. The van der Waals surface area contributed by atoms with Gasteiger partial charge in [-0.2, -0.15) is 0 Å². The molecule has 0 radical (unpaired) electrons. The van der Waals surface area contributed by atoms with E-state index in [2.05, 4.69) is 63.7 Å². The molecule has 0 aliphatic carbocycles. The molecule has 0 amide bonds. The van der Waals surface area contributed by atoms with Crippen LogP contribution in [0.4, 0.5) is 0 Å². The second kappa shape index (κ2) is 13.1. The molecule has 166 valence electrons. The molecule has 2 aromatic carbocycles. The Hall–Kier alpha value is 1.12. The molecule has 0 aliphatic heterocycles. The standard InChI is InChI=1S/C20H18Br4Cl4O2/c1-10(11-2-15(25)19(16(26)3-11)29-8-13(23)6-21)12-4-17(27)20(18(28)5-12)30-9-14(24)7-22/h2-5,10,13-14H,6-9H2,1H3. The van der Waals surface area contributed by atoms with Crippen molar-refractivity contribution in [3.8, 4) is 11.5 Å². The van der Waals surface area contributed by atoms with Crippen LogP contribution in [0.15, 0.2) is 24.3 Å². The zero-order valence-electron chi connectivity index (χ0n) is 15.7. The topological polar surface area (TPSA) is 18.5 Å². The maximum Gasteiger partial charge on any atom is 0.156 e. The summed E-state index contributed by atoms with van der Waals surface area (Å²) < 4.78 is 11.5. The van der Waals surface area contributed by atoms with Crippen molar-refractivity contribution in [2.75, 3.05) is 23.9 Å². The molecule has 2 unspecified atom stereocenters. The first-order valence-corrected chi connectivity index (χ1v) is 14.4. The number of benzene rings is 2. The lowest BCUT2D eigenvalue weighted by Gasteiger charge is -2.19. The fourth-order valence-electron chi connectivity index (χ4n) is 2.56. The normalized spacial score (nSPS) is 14.3. The van der Waals surface area contributed by atoms with Crippen LogP contribution in [0.25, 0.3) is 0 Å². The Morgan fingerprint density at radius 1 is 0.700 bits per heavy atom. The van der Waals surface area contributed by atoms with E-state index in [0.29, 0.717) is 44.8 Å². The third kappa shape index (κ3) is 7.58. The monoisotopic (exact) mass is 746 g/mol. The van der Waals surface area contributed by atoms with Crippen LogP contribution >= 0.6 is 110 Å². The zero-order valence-corrected chi connectivity index (χ0v) is 25.1. The summed E-state index contributed by atoms with van der Waals surface area (Å²) in [7, 11) is 0. The molecular weight excluding hydrogens is 734 g/mol. The van der Waals surface area contributed by atoms with Crippen LogP contribution in [0.5, 0.6) is 11.5 Å². The molecule has 0 bridgehead atoms. The summed E-state index contributed by atoms with van der Waals surface area (Å²) in [6, 6.07) is 7.40. The quantitative estimate of drug-likeness (QED) is 0.225. The van der Waals surface area contributed by atoms with Crippen molar-refractivity contribution in [1.29, 1.82) is 0 Å². The average molecular weight is 752 g/mol. The molecule has 0 fully saturated rings. The number of rotatable bonds is 10. The van der Waals surface area contributed by atoms with Gasteiger partial charge in [0.1, 0.15) is 13.2 Å². The Morgan fingerprint density at radius 2 is 1.00 bits per heavy atom. The van der Waals surface area contributed by atoms with Gasteiger partial charge in [0.25, 0.3) is 0 Å². The first-order chi connectivity index (χ1) is 14.2. The molecule has 0 spiro atoms. The van der Waals surface area contributed by atoms with Gasteiger partial charge in [-0.3, -0.25) is 0 Å². The van der Waals surface area contributed by atoms with Gasteiger partial charge in [-0.1, -0.05) is 117 Å². The Labute approximate surface area is 230 Å². The van der Waals surface area contributed by atoms with Gasteiger partial charge < -0.3 is 9.47 Å². The number of halogens is 8. The first-order valence-electron chi connectivity index (χ1n) is 8.81. The molecule has 2 aromatic rings. The molecule has 2 nitrogen and oxygen atoms in total. The van der Waals surface area contributed by atoms with Crippen LogP contribution in [0.1, 0.15) is 24.0 Å². The van der Waals surface area contributed by atoms with Crippen molar-refractivity contribution in [2.24, 2.45) is 0 Å². The smallest absolute Gasteiger partial charge is 0.156 e. The van der Waals surface area contributed by atoms with Crippen LogP contribution in [0, 0.1) is 0 Å². The number of ether oxygens (including phenoxy) is 2. The zero-order chi connectivity index (χ0) is 22.4. The maximum atomic E-state index is 6.45. The highest BCUT2D eigenvalue weighted by Crippen LogP contribution is 2.41. The SMILES string of the molecule is CC(c1cc(Cl)c(OCC(Br)CBr)c(Cl)c1)c1cc(Cl)c(OCC(Br)CBr)c(Cl)c1. The minimum absolute atomic E-state index is 0.0453. The molecule has 0 saturated heterocycles. The summed E-state index contributed by atoms with van der Waals surface area (Å²) in [4.78, 5) is 0.310. The summed E-state index contributed by atoms with van der Waals surface area (Å²) in [5.74, 6) is 0.891. The summed E-state index contributed by atoms with van der Waals surface area (Å²) in [6.07, 6.45) is 0. The molecule has 30 heavy (non-hydrogen) atoms. The number of hydrogen-bond donors (Lipinski definition) is 0. The summed E-state index contributed by atoms with van der Waals surface area (Å²) in [5.41, 5.74) is 1.85. The predicted octanol–water partition coefficient (Wildman–Crippen LogP) is 9.53. The molecule has 0 aromatic heterocycles. The fourth-order valence-corrected chi connectivity index (χ4v) is 4.43. The van der Waals surface area contributed by atoms with Gasteiger partial charge in [-0.15, -0.1) is 0 Å². The highest BCUT2D eigenvalue weighted by molar-refractivity contribution is 9.12. The van der Waals surface area contributed by atoms with E-state index in [1.54, 1.807) is 0 Å². The van der Waals surface area contributed by atoms with Crippen molar-refractivity contribution in [2.45, 2.75) is 22.5 Å². The lowest BCUT2D eigenvalue weighted by molar-refractivity contribution is 0.326.